The second kappa shape index (κ2) is 5.32. The van der Waals surface area contributed by atoms with Gasteiger partial charge in [0.25, 0.3) is 0 Å². The summed E-state index contributed by atoms with van der Waals surface area (Å²) in [6.45, 7) is 3.75. The van der Waals surface area contributed by atoms with E-state index in [-0.39, 0.29) is 11.9 Å². The molecule has 0 radical (unpaired) electrons. The van der Waals surface area contributed by atoms with Crippen molar-refractivity contribution in [2.45, 2.75) is 31.8 Å². The van der Waals surface area contributed by atoms with E-state index in [4.69, 9.17) is 10.5 Å². The molecule has 5 nitrogen and oxygen atoms in total. The van der Waals surface area contributed by atoms with Gasteiger partial charge in [-0.15, -0.1) is 0 Å². The monoisotopic (exact) mass is 275 g/mol. The van der Waals surface area contributed by atoms with Crippen LogP contribution in [0.15, 0.2) is 18.2 Å². The maximum Gasteiger partial charge on any atom is 0.245 e. The number of carbonyl (C=O) groups excluding carboxylic acids is 1. The molecule has 1 atom stereocenters. The Hall–Kier alpha value is -1.75. The highest BCUT2D eigenvalue weighted by Gasteiger charge is 2.33. The van der Waals surface area contributed by atoms with Gasteiger partial charge >= 0.3 is 0 Å². The van der Waals surface area contributed by atoms with Crippen LogP contribution in [-0.2, 0) is 9.53 Å². The zero-order valence-electron chi connectivity index (χ0n) is 11.8. The zero-order chi connectivity index (χ0) is 14.1. The van der Waals surface area contributed by atoms with Crippen LogP contribution in [0.25, 0.3) is 0 Å². The van der Waals surface area contributed by atoms with Crippen LogP contribution < -0.4 is 16.0 Å². The van der Waals surface area contributed by atoms with Gasteiger partial charge < -0.3 is 20.7 Å². The molecular formula is C15H21N3O2. The molecule has 1 amide bonds. The summed E-state index contributed by atoms with van der Waals surface area (Å²) in [7, 11) is 0. The number of aryl methyl sites for hydroxylation is 1. The van der Waals surface area contributed by atoms with Gasteiger partial charge in [-0.3, -0.25) is 4.79 Å². The molecule has 3 N–H and O–H groups in total. The molecule has 1 saturated carbocycles. The van der Waals surface area contributed by atoms with Crippen LogP contribution in [0.4, 0.5) is 11.4 Å². The molecule has 3 rings (SSSR count). The van der Waals surface area contributed by atoms with Crippen molar-refractivity contribution in [2.75, 3.05) is 30.4 Å². The van der Waals surface area contributed by atoms with E-state index in [0.717, 1.165) is 29.8 Å². The number of ether oxygens (including phenoxy) is 1. The van der Waals surface area contributed by atoms with Crippen LogP contribution in [0.2, 0.25) is 0 Å². The number of hydrogen-bond acceptors (Lipinski definition) is 4. The van der Waals surface area contributed by atoms with Crippen molar-refractivity contribution in [1.82, 2.24) is 5.32 Å². The molecule has 0 bridgehead atoms. The second-order valence-corrected chi connectivity index (χ2v) is 5.63. The topological polar surface area (TPSA) is 67.6 Å². The molecule has 0 aromatic heterocycles. The molecule has 0 spiro atoms. The van der Waals surface area contributed by atoms with Gasteiger partial charge in [-0.25, -0.2) is 0 Å². The average molecular weight is 275 g/mol. The van der Waals surface area contributed by atoms with Crippen molar-refractivity contribution in [3.8, 4) is 0 Å². The van der Waals surface area contributed by atoms with Crippen molar-refractivity contribution in [3.63, 3.8) is 0 Å². The Kier molecular flexibility index (Phi) is 3.53. The molecule has 2 fully saturated rings. The first-order valence-corrected chi connectivity index (χ1v) is 7.16. The Bertz CT molecular complexity index is 514. The highest BCUT2D eigenvalue weighted by Crippen LogP contribution is 2.28. The van der Waals surface area contributed by atoms with Crippen molar-refractivity contribution in [3.05, 3.63) is 23.8 Å². The summed E-state index contributed by atoms with van der Waals surface area (Å²) in [6.07, 6.45) is 2.18. The number of nitrogens with zero attached hydrogens (tertiary/aromatic N) is 1. The summed E-state index contributed by atoms with van der Waals surface area (Å²) < 4.78 is 5.48. The lowest BCUT2D eigenvalue weighted by Crippen LogP contribution is -2.54. The molecule has 1 aromatic carbocycles. The highest BCUT2D eigenvalue weighted by atomic mass is 16.5. The quantitative estimate of drug-likeness (QED) is 0.810. The minimum Gasteiger partial charge on any atom is -0.397 e. The van der Waals surface area contributed by atoms with Crippen LogP contribution in [0.5, 0.6) is 0 Å². The number of nitrogen functional groups attached to an aromatic ring is 1. The molecular weight excluding hydrogens is 254 g/mol. The molecule has 1 heterocycles. The Morgan fingerprint density at radius 3 is 2.95 bits per heavy atom. The van der Waals surface area contributed by atoms with Crippen LogP contribution in [0.1, 0.15) is 18.4 Å². The van der Waals surface area contributed by atoms with Gasteiger partial charge in [0, 0.05) is 12.6 Å². The summed E-state index contributed by atoms with van der Waals surface area (Å²) in [5.41, 5.74) is 8.88. The summed E-state index contributed by atoms with van der Waals surface area (Å²) in [5, 5.41) is 3.05. The maximum atomic E-state index is 12.3. The third kappa shape index (κ3) is 2.72. The summed E-state index contributed by atoms with van der Waals surface area (Å²) in [4.78, 5) is 14.4. The molecule has 2 aliphatic rings. The van der Waals surface area contributed by atoms with E-state index in [1.807, 2.05) is 25.1 Å². The standard InChI is InChI=1S/C15H21N3O2/c1-10-2-5-13(12(16)8-10)18-6-7-20-9-14(18)15(19)17-11-3-4-11/h2,5,8,11,14H,3-4,6-7,9,16H2,1H3,(H,17,19). The van der Waals surface area contributed by atoms with Crippen LogP contribution in [0, 0.1) is 6.92 Å². The van der Waals surface area contributed by atoms with E-state index in [9.17, 15) is 4.79 Å². The number of benzene rings is 1. The first-order valence-electron chi connectivity index (χ1n) is 7.16. The zero-order valence-corrected chi connectivity index (χ0v) is 11.8. The summed E-state index contributed by atoms with van der Waals surface area (Å²) in [6, 6.07) is 6.04. The van der Waals surface area contributed by atoms with E-state index in [1.54, 1.807) is 0 Å². The van der Waals surface area contributed by atoms with Crippen molar-refractivity contribution < 1.29 is 9.53 Å². The smallest absolute Gasteiger partial charge is 0.245 e. The lowest BCUT2D eigenvalue weighted by molar-refractivity contribution is -0.124. The Labute approximate surface area is 119 Å². The fourth-order valence-corrected chi connectivity index (χ4v) is 2.57. The fourth-order valence-electron chi connectivity index (χ4n) is 2.57. The van der Waals surface area contributed by atoms with E-state index < -0.39 is 0 Å². The van der Waals surface area contributed by atoms with E-state index in [1.165, 1.54) is 0 Å². The lowest BCUT2D eigenvalue weighted by atomic mass is 10.1. The second-order valence-electron chi connectivity index (χ2n) is 5.63. The summed E-state index contributed by atoms with van der Waals surface area (Å²) in [5.74, 6) is 0.0483. The predicted octanol–water partition coefficient (Wildman–Crippen LogP) is 1.06. The number of hydrogen-bond donors (Lipinski definition) is 2. The minimum atomic E-state index is -0.283. The number of amides is 1. The Morgan fingerprint density at radius 1 is 1.45 bits per heavy atom. The fraction of sp³-hybridized carbons (Fsp3) is 0.533. The molecule has 1 aliphatic carbocycles. The summed E-state index contributed by atoms with van der Waals surface area (Å²) >= 11 is 0. The third-order valence-electron chi connectivity index (χ3n) is 3.85. The highest BCUT2D eigenvalue weighted by molar-refractivity contribution is 5.87. The van der Waals surface area contributed by atoms with Crippen LogP contribution in [-0.4, -0.2) is 37.7 Å². The maximum absolute atomic E-state index is 12.3. The Morgan fingerprint density at radius 2 is 2.25 bits per heavy atom. The lowest BCUT2D eigenvalue weighted by Gasteiger charge is -2.37. The van der Waals surface area contributed by atoms with Crippen LogP contribution >= 0.6 is 0 Å². The van der Waals surface area contributed by atoms with Gasteiger partial charge in [-0.1, -0.05) is 6.07 Å². The molecule has 1 unspecified atom stereocenters. The molecule has 108 valence electrons. The minimum absolute atomic E-state index is 0.0483. The molecule has 1 aliphatic heterocycles. The van der Waals surface area contributed by atoms with Gasteiger partial charge in [-0.05, 0) is 37.5 Å². The number of rotatable bonds is 3. The predicted molar refractivity (Wildman–Crippen MR) is 78.7 cm³/mol. The first kappa shape index (κ1) is 13.2. The molecule has 20 heavy (non-hydrogen) atoms. The number of nitrogens with one attached hydrogen (secondary N) is 1. The van der Waals surface area contributed by atoms with Gasteiger partial charge in [-0.2, -0.15) is 0 Å². The van der Waals surface area contributed by atoms with E-state index in [2.05, 4.69) is 10.2 Å². The third-order valence-corrected chi connectivity index (χ3v) is 3.85. The average Bonchev–Trinajstić information content (AvgIpc) is 3.23. The Balaban J connectivity index is 1.81. The molecule has 1 aromatic rings. The van der Waals surface area contributed by atoms with Crippen molar-refractivity contribution in [1.29, 1.82) is 0 Å². The number of morpholine rings is 1. The van der Waals surface area contributed by atoms with E-state index in [0.29, 0.717) is 25.8 Å². The SMILES string of the molecule is Cc1ccc(N2CCOCC2C(=O)NC2CC2)c(N)c1. The molecule has 5 heteroatoms. The normalized spacial score (nSPS) is 22.6. The van der Waals surface area contributed by atoms with Crippen molar-refractivity contribution in [2.24, 2.45) is 0 Å². The number of nitrogens with two attached hydrogens (primary N) is 1. The molecule has 1 saturated heterocycles. The largest absolute Gasteiger partial charge is 0.397 e. The van der Waals surface area contributed by atoms with Crippen LogP contribution in [0.3, 0.4) is 0 Å². The van der Waals surface area contributed by atoms with Crippen molar-refractivity contribution >= 4 is 17.3 Å². The first-order chi connectivity index (χ1) is 9.65. The van der Waals surface area contributed by atoms with E-state index >= 15 is 0 Å². The van der Waals surface area contributed by atoms with Gasteiger partial charge in [0.05, 0.1) is 24.6 Å². The van der Waals surface area contributed by atoms with Gasteiger partial charge in [0.1, 0.15) is 6.04 Å². The van der Waals surface area contributed by atoms with Gasteiger partial charge in [0.15, 0.2) is 0 Å². The number of carbonyl (C=O) groups is 1. The number of anilines is 2. The van der Waals surface area contributed by atoms with Gasteiger partial charge in [0.2, 0.25) is 5.91 Å².